The normalized spacial score (nSPS) is 15.7. The van der Waals surface area contributed by atoms with Gasteiger partial charge in [-0.15, -0.1) is 0 Å². The number of esters is 1. The minimum absolute atomic E-state index is 0.209. The lowest BCUT2D eigenvalue weighted by atomic mass is 9.95. The van der Waals surface area contributed by atoms with Crippen LogP contribution in [0.4, 0.5) is 5.95 Å². The Morgan fingerprint density at radius 2 is 1.86 bits per heavy atom. The quantitative estimate of drug-likeness (QED) is 0.689. The second-order valence-corrected chi connectivity index (χ2v) is 6.67. The van der Waals surface area contributed by atoms with Crippen molar-refractivity contribution in [2.45, 2.75) is 32.9 Å². The third-order valence-electron chi connectivity index (χ3n) is 4.85. The summed E-state index contributed by atoms with van der Waals surface area (Å²) in [5.41, 5.74) is 4.27. The lowest BCUT2D eigenvalue weighted by molar-refractivity contribution is -0.140. The van der Waals surface area contributed by atoms with Gasteiger partial charge in [-0.05, 0) is 40.5 Å². The highest BCUT2D eigenvalue weighted by atomic mass is 16.5. The van der Waals surface area contributed by atoms with E-state index in [0.717, 1.165) is 17.5 Å². The zero-order valence-electron chi connectivity index (χ0n) is 15.8. The first kappa shape index (κ1) is 17.9. The van der Waals surface area contributed by atoms with Crippen LogP contribution >= 0.6 is 0 Å². The number of rotatable bonds is 5. The molecule has 1 aliphatic rings. The lowest BCUT2D eigenvalue weighted by Gasteiger charge is -2.27. The summed E-state index contributed by atoms with van der Waals surface area (Å²) in [5.74, 6) is 0.112. The lowest BCUT2D eigenvalue weighted by Crippen LogP contribution is -2.29. The van der Waals surface area contributed by atoms with Gasteiger partial charge >= 0.3 is 5.97 Å². The number of carbonyl (C=O) groups is 1. The van der Waals surface area contributed by atoms with Crippen LogP contribution in [0.25, 0.3) is 0 Å². The second kappa shape index (κ2) is 7.64. The molecular formula is C21H21N5O2. The number of nitrogens with zero attached hydrogens (tertiary/aromatic N) is 4. The molecule has 0 radical (unpaired) electrons. The van der Waals surface area contributed by atoms with E-state index in [-0.39, 0.29) is 12.6 Å². The van der Waals surface area contributed by atoms with Crippen LogP contribution in [0.15, 0.2) is 65.9 Å². The number of hydrogen-bond donors (Lipinski definition) is 1. The molecule has 1 N–H and O–H groups in total. The Morgan fingerprint density at radius 1 is 1.11 bits per heavy atom. The van der Waals surface area contributed by atoms with Crippen molar-refractivity contribution in [3.63, 3.8) is 0 Å². The van der Waals surface area contributed by atoms with E-state index in [1.165, 1.54) is 5.56 Å². The van der Waals surface area contributed by atoms with Crippen molar-refractivity contribution < 1.29 is 9.53 Å². The minimum Gasteiger partial charge on any atom is -0.457 e. The molecule has 7 nitrogen and oxygen atoms in total. The molecular weight excluding hydrogens is 354 g/mol. The number of nitrogens with one attached hydrogen (secondary N) is 1. The van der Waals surface area contributed by atoms with Crippen LogP contribution in [0.3, 0.4) is 0 Å². The van der Waals surface area contributed by atoms with Crippen LogP contribution in [0.5, 0.6) is 0 Å². The van der Waals surface area contributed by atoms with Gasteiger partial charge in [-0.25, -0.2) is 4.79 Å². The van der Waals surface area contributed by atoms with Crippen molar-refractivity contribution in [1.29, 1.82) is 0 Å². The number of ether oxygens (including phenoxy) is 1. The van der Waals surface area contributed by atoms with E-state index >= 15 is 0 Å². The number of hydrogen-bond acceptors (Lipinski definition) is 6. The van der Waals surface area contributed by atoms with Crippen LogP contribution in [-0.4, -0.2) is 26.2 Å². The topological polar surface area (TPSA) is 81.9 Å². The van der Waals surface area contributed by atoms with Gasteiger partial charge in [0.05, 0.1) is 5.57 Å². The van der Waals surface area contributed by atoms with Crippen molar-refractivity contribution in [2.24, 2.45) is 0 Å². The maximum Gasteiger partial charge on any atom is 0.338 e. The van der Waals surface area contributed by atoms with Crippen molar-refractivity contribution in [1.82, 2.24) is 20.2 Å². The number of allylic oxidation sites excluding steroid dienone is 1. The van der Waals surface area contributed by atoms with Gasteiger partial charge in [0.2, 0.25) is 5.95 Å². The molecule has 0 saturated carbocycles. The van der Waals surface area contributed by atoms with E-state index < -0.39 is 6.04 Å². The van der Waals surface area contributed by atoms with Gasteiger partial charge in [-0.3, -0.25) is 0 Å². The Labute approximate surface area is 163 Å². The molecule has 4 rings (SSSR count). The molecule has 2 aromatic carbocycles. The summed E-state index contributed by atoms with van der Waals surface area (Å²) in [7, 11) is 0. The summed E-state index contributed by atoms with van der Waals surface area (Å²) < 4.78 is 7.23. The third kappa shape index (κ3) is 3.38. The number of aryl methyl sites for hydroxylation is 1. The molecule has 1 atom stereocenters. The van der Waals surface area contributed by atoms with Gasteiger partial charge in [0.15, 0.2) is 0 Å². The largest absolute Gasteiger partial charge is 0.457 e. The Bertz CT molecular complexity index is 1010. The molecule has 0 aliphatic carbocycles. The van der Waals surface area contributed by atoms with Crippen molar-refractivity contribution in [3.05, 3.63) is 82.6 Å². The summed E-state index contributed by atoms with van der Waals surface area (Å²) in [6.07, 6.45) is 0.948. The van der Waals surface area contributed by atoms with E-state index in [9.17, 15) is 4.79 Å². The zero-order chi connectivity index (χ0) is 19.5. The van der Waals surface area contributed by atoms with Gasteiger partial charge in [0, 0.05) is 5.70 Å². The van der Waals surface area contributed by atoms with Crippen LogP contribution in [0, 0.1) is 0 Å². The molecule has 1 aromatic heterocycles. The first-order chi connectivity index (χ1) is 13.7. The van der Waals surface area contributed by atoms with Gasteiger partial charge in [-0.1, -0.05) is 66.6 Å². The molecule has 0 bridgehead atoms. The van der Waals surface area contributed by atoms with Gasteiger partial charge < -0.3 is 10.1 Å². The Balaban J connectivity index is 1.67. The average molecular weight is 375 g/mol. The highest BCUT2D eigenvalue weighted by molar-refractivity contribution is 5.92. The minimum atomic E-state index is -0.444. The first-order valence-corrected chi connectivity index (χ1v) is 9.23. The molecule has 0 fully saturated rings. The SMILES string of the molecule is CCc1ccc(C2C(C(=O)OCc3ccccc3)=C(C)Nc3nnnn32)cc1. The molecule has 2 heterocycles. The molecule has 7 heteroatoms. The summed E-state index contributed by atoms with van der Waals surface area (Å²) >= 11 is 0. The number of tetrazole rings is 1. The fourth-order valence-electron chi connectivity index (χ4n) is 3.32. The van der Waals surface area contributed by atoms with E-state index in [2.05, 4.69) is 39.9 Å². The number of fused-ring (bicyclic) bond motifs is 1. The fraction of sp³-hybridized carbons (Fsp3) is 0.238. The highest BCUT2D eigenvalue weighted by Crippen LogP contribution is 2.35. The monoisotopic (exact) mass is 375 g/mol. The zero-order valence-corrected chi connectivity index (χ0v) is 15.8. The van der Waals surface area contributed by atoms with Gasteiger partial charge in [0.1, 0.15) is 12.6 Å². The van der Waals surface area contributed by atoms with E-state index in [0.29, 0.717) is 17.2 Å². The smallest absolute Gasteiger partial charge is 0.338 e. The Kier molecular flexibility index (Phi) is 4.89. The summed E-state index contributed by atoms with van der Waals surface area (Å²) in [6, 6.07) is 17.3. The standard InChI is InChI=1S/C21H21N5O2/c1-3-15-9-11-17(12-10-15)19-18(14(2)22-21-23-24-25-26(19)21)20(27)28-13-16-7-5-4-6-8-16/h4-12,19H,3,13H2,1-2H3,(H,22,23,25). The summed E-state index contributed by atoms with van der Waals surface area (Å²) in [4.78, 5) is 13.0. The molecule has 142 valence electrons. The number of benzene rings is 2. The van der Waals surface area contributed by atoms with Crippen LogP contribution in [-0.2, 0) is 22.6 Å². The maximum atomic E-state index is 13.0. The van der Waals surface area contributed by atoms with Crippen LogP contribution in [0.2, 0.25) is 0 Å². The number of anilines is 1. The predicted molar refractivity (Wildman–Crippen MR) is 104 cm³/mol. The van der Waals surface area contributed by atoms with Crippen LogP contribution in [0.1, 0.15) is 36.6 Å². The summed E-state index contributed by atoms with van der Waals surface area (Å²) in [5, 5.41) is 15.0. The molecule has 28 heavy (non-hydrogen) atoms. The van der Waals surface area contributed by atoms with Gasteiger partial charge in [0.25, 0.3) is 0 Å². The van der Waals surface area contributed by atoms with Crippen LogP contribution < -0.4 is 5.32 Å². The van der Waals surface area contributed by atoms with Crippen molar-refractivity contribution in [3.8, 4) is 0 Å². The van der Waals surface area contributed by atoms with E-state index in [1.807, 2.05) is 49.4 Å². The average Bonchev–Trinajstić information content (AvgIpc) is 3.20. The second-order valence-electron chi connectivity index (χ2n) is 6.67. The van der Waals surface area contributed by atoms with Gasteiger partial charge in [-0.2, -0.15) is 4.68 Å². The first-order valence-electron chi connectivity index (χ1n) is 9.23. The molecule has 1 aliphatic heterocycles. The predicted octanol–water partition coefficient (Wildman–Crippen LogP) is 3.27. The Hall–Kier alpha value is -3.48. The highest BCUT2D eigenvalue weighted by Gasteiger charge is 2.34. The molecule has 0 amide bonds. The fourth-order valence-corrected chi connectivity index (χ4v) is 3.32. The van der Waals surface area contributed by atoms with Crippen molar-refractivity contribution in [2.75, 3.05) is 5.32 Å². The maximum absolute atomic E-state index is 13.0. The molecule has 3 aromatic rings. The van der Waals surface area contributed by atoms with Crippen molar-refractivity contribution >= 4 is 11.9 Å². The number of aromatic nitrogens is 4. The Morgan fingerprint density at radius 3 is 2.57 bits per heavy atom. The third-order valence-corrected chi connectivity index (χ3v) is 4.85. The molecule has 0 saturated heterocycles. The molecule has 1 unspecified atom stereocenters. The van der Waals surface area contributed by atoms with E-state index in [4.69, 9.17) is 4.74 Å². The summed E-state index contributed by atoms with van der Waals surface area (Å²) in [6.45, 7) is 4.15. The molecule has 0 spiro atoms. The number of carbonyl (C=O) groups excluding carboxylic acids is 1. The van der Waals surface area contributed by atoms with E-state index in [1.54, 1.807) is 4.68 Å².